The second-order valence-electron chi connectivity index (χ2n) is 3.65. The lowest BCUT2D eigenvalue weighted by molar-refractivity contribution is 0.596. The van der Waals surface area contributed by atoms with Crippen molar-refractivity contribution >= 4 is 16.0 Å². The molecule has 0 bridgehead atoms. The highest BCUT2D eigenvalue weighted by molar-refractivity contribution is 7.93. The van der Waals surface area contributed by atoms with Gasteiger partial charge in [-0.05, 0) is 19.8 Å². The smallest absolute Gasteiger partial charge is 0.249 e. The second kappa shape index (κ2) is 5.73. The summed E-state index contributed by atoms with van der Waals surface area (Å²) in [5, 5.41) is 15.1. The Hall–Kier alpha value is -1.75. The lowest BCUT2D eigenvalue weighted by Crippen LogP contribution is -2.25. The molecule has 0 saturated heterocycles. The normalized spacial score (nSPS) is 12.8. The van der Waals surface area contributed by atoms with Crippen LogP contribution in [0.4, 0.5) is 5.95 Å². The Balaban J connectivity index is 3.04. The summed E-state index contributed by atoms with van der Waals surface area (Å²) >= 11 is 0. The average molecular weight is 269 g/mol. The molecule has 0 aliphatic heterocycles. The molecule has 1 aromatic rings. The number of hydrogen-bond donors (Lipinski definition) is 1. The molecule has 0 spiro atoms. The van der Waals surface area contributed by atoms with E-state index >= 15 is 0 Å². The molecule has 0 aliphatic carbocycles. The standard InChI is InChI=1S/C10H15N5O2S/c1-4-8-9(5-2)13-14-10(12-8)15-18(16,17)7(3)6-11/h7H,4-5H2,1-3H3,(H,12,14,15). The summed E-state index contributed by atoms with van der Waals surface area (Å²) in [6.07, 6.45) is 1.33. The fourth-order valence-electron chi connectivity index (χ4n) is 1.27. The number of nitriles is 1. The largest absolute Gasteiger partial charge is 0.256 e. The Morgan fingerprint density at radius 3 is 2.39 bits per heavy atom. The van der Waals surface area contributed by atoms with Gasteiger partial charge in [0, 0.05) is 0 Å². The molecule has 0 aliphatic rings. The Kier molecular flexibility index (Phi) is 4.55. The quantitative estimate of drug-likeness (QED) is 0.840. The molecule has 1 atom stereocenters. The predicted molar refractivity (Wildman–Crippen MR) is 66.2 cm³/mol. The van der Waals surface area contributed by atoms with Crippen LogP contribution in [0.5, 0.6) is 0 Å². The minimum absolute atomic E-state index is 0.0915. The third-order valence-corrected chi connectivity index (χ3v) is 3.89. The van der Waals surface area contributed by atoms with Crippen LogP contribution in [0.3, 0.4) is 0 Å². The third kappa shape index (κ3) is 3.13. The lowest BCUT2D eigenvalue weighted by Gasteiger charge is -2.09. The molecule has 0 radical (unpaired) electrons. The van der Waals surface area contributed by atoms with Crippen molar-refractivity contribution in [1.82, 2.24) is 15.2 Å². The minimum atomic E-state index is -3.78. The van der Waals surface area contributed by atoms with Crippen LogP contribution < -0.4 is 4.72 Å². The molecule has 8 heteroatoms. The van der Waals surface area contributed by atoms with Crippen LogP contribution in [-0.4, -0.2) is 28.8 Å². The third-order valence-electron chi connectivity index (χ3n) is 2.39. The topological polar surface area (TPSA) is 109 Å². The molecule has 1 N–H and O–H groups in total. The van der Waals surface area contributed by atoms with E-state index in [0.29, 0.717) is 18.5 Å². The molecule has 18 heavy (non-hydrogen) atoms. The van der Waals surface area contributed by atoms with Crippen molar-refractivity contribution in [3.8, 4) is 6.07 Å². The van der Waals surface area contributed by atoms with Gasteiger partial charge in [-0.25, -0.2) is 18.1 Å². The van der Waals surface area contributed by atoms with Gasteiger partial charge in [0.15, 0.2) is 5.25 Å². The summed E-state index contributed by atoms with van der Waals surface area (Å²) < 4.78 is 25.4. The van der Waals surface area contributed by atoms with E-state index in [-0.39, 0.29) is 5.95 Å². The number of rotatable bonds is 5. The van der Waals surface area contributed by atoms with Crippen molar-refractivity contribution in [3.05, 3.63) is 11.4 Å². The van der Waals surface area contributed by atoms with E-state index < -0.39 is 15.3 Å². The molecule has 0 fully saturated rings. The molecular weight excluding hydrogens is 254 g/mol. The van der Waals surface area contributed by atoms with Crippen molar-refractivity contribution in [2.45, 2.75) is 38.9 Å². The second-order valence-corrected chi connectivity index (χ2v) is 5.66. The van der Waals surface area contributed by atoms with Crippen LogP contribution in [0, 0.1) is 11.3 Å². The Morgan fingerprint density at radius 1 is 1.28 bits per heavy atom. The summed E-state index contributed by atoms with van der Waals surface area (Å²) in [4.78, 5) is 4.09. The fourth-order valence-corrected chi connectivity index (χ4v) is 1.92. The first-order chi connectivity index (χ1) is 8.44. The zero-order valence-corrected chi connectivity index (χ0v) is 11.3. The summed E-state index contributed by atoms with van der Waals surface area (Å²) in [5.74, 6) is -0.0915. The highest BCUT2D eigenvalue weighted by Gasteiger charge is 2.21. The first-order valence-corrected chi connectivity index (χ1v) is 7.12. The van der Waals surface area contributed by atoms with Gasteiger partial charge in [-0.15, -0.1) is 10.2 Å². The minimum Gasteiger partial charge on any atom is -0.249 e. The van der Waals surface area contributed by atoms with Crippen molar-refractivity contribution in [3.63, 3.8) is 0 Å². The van der Waals surface area contributed by atoms with Crippen LogP contribution in [0.1, 0.15) is 32.2 Å². The molecular formula is C10H15N5O2S. The van der Waals surface area contributed by atoms with E-state index in [1.54, 1.807) is 6.07 Å². The van der Waals surface area contributed by atoms with Gasteiger partial charge in [0.1, 0.15) is 0 Å². The Bertz CT molecular complexity index is 564. The van der Waals surface area contributed by atoms with Crippen molar-refractivity contribution < 1.29 is 8.42 Å². The summed E-state index contributed by atoms with van der Waals surface area (Å²) in [5.41, 5.74) is 1.45. The first-order valence-electron chi connectivity index (χ1n) is 5.58. The Labute approximate surface area is 106 Å². The molecule has 0 amide bonds. The monoisotopic (exact) mass is 269 g/mol. The van der Waals surface area contributed by atoms with Gasteiger partial charge in [0.05, 0.1) is 17.5 Å². The van der Waals surface area contributed by atoms with Crippen LogP contribution in [0.2, 0.25) is 0 Å². The van der Waals surface area contributed by atoms with E-state index in [2.05, 4.69) is 19.9 Å². The van der Waals surface area contributed by atoms with Gasteiger partial charge in [-0.3, -0.25) is 0 Å². The van der Waals surface area contributed by atoms with Crippen molar-refractivity contribution in [1.29, 1.82) is 5.26 Å². The van der Waals surface area contributed by atoms with Crippen LogP contribution >= 0.6 is 0 Å². The maximum atomic E-state index is 11.6. The molecule has 1 aromatic heterocycles. The van der Waals surface area contributed by atoms with Crippen LogP contribution in [-0.2, 0) is 22.9 Å². The van der Waals surface area contributed by atoms with Gasteiger partial charge in [-0.2, -0.15) is 5.26 Å². The molecule has 0 aromatic carbocycles. The van der Waals surface area contributed by atoms with Crippen LogP contribution in [0.15, 0.2) is 0 Å². The maximum absolute atomic E-state index is 11.6. The highest BCUT2D eigenvalue weighted by atomic mass is 32.2. The Morgan fingerprint density at radius 2 is 1.89 bits per heavy atom. The van der Waals surface area contributed by atoms with Crippen LogP contribution in [0.25, 0.3) is 0 Å². The van der Waals surface area contributed by atoms with Gasteiger partial charge >= 0.3 is 0 Å². The molecule has 98 valence electrons. The summed E-state index contributed by atoms with van der Waals surface area (Å²) in [6, 6.07) is 1.65. The number of hydrogen-bond acceptors (Lipinski definition) is 6. The summed E-state index contributed by atoms with van der Waals surface area (Å²) in [6.45, 7) is 5.11. The lowest BCUT2D eigenvalue weighted by atomic mass is 10.2. The number of nitrogens with one attached hydrogen (secondary N) is 1. The van der Waals surface area contributed by atoms with E-state index in [1.165, 1.54) is 6.92 Å². The van der Waals surface area contributed by atoms with Gasteiger partial charge in [0.25, 0.3) is 16.0 Å². The van der Waals surface area contributed by atoms with Crippen molar-refractivity contribution in [2.24, 2.45) is 0 Å². The zero-order chi connectivity index (χ0) is 13.8. The number of aromatic nitrogens is 3. The predicted octanol–water partition coefficient (Wildman–Crippen LogP) is 0.650. The molecule has 7 nitrogen and oxygen atoms in total. The number of anilines is 1. The van der Waals surface area contributed by atoms with Gasteiger partial charge in [-0.1, -0.05) is 13.8 Å². The molecule has 1 unspecified atom stereocenters. The highest BCUT2D eigenvalue weighted by Crippen LogP contribution is 2.09. The van der Waals surface area contributed by atoms with Crippen molar-refractivity contribution in [2.75, 3.05) is 4.72 Å². The fraction of sp³-hybridized carbons (Fsp3) is 0.600. The molecule has 0 saturated carbocycles. The number of aryl methyl sites for hydroxylation is 2. The molecule has 1 heterocycles. The van der Waals surface area contributed by atoms with E-state index in [0.717, 1.165) is 5.69 Å². The molecule has 1 rings (SSSR count). The SMILES string of the molecule is CCc1nnc(NS(=O)(=O)C(C)C#N)nc1CC. The van der Waals surface area contributed by atoms with E-state index in [1.807, 2.05) is 13.8 Å². The number of nitrogens with zero attached hydrogens (tertiary/aromatic N) is 4. The first kappa shape index (κ1) is 14.3. The average Bonchev–Trinajstić information content (AvgIpc) is 2.36. The van der Waals surface area contributed by atoms with E-state index in [9.17, 15) is 8.42 Å². The van der Waals surface area contributed by atoms with E-state index in [4.69, 9.17) is 5.26 Å². The maximum Gasteiger partial charge on any atom is 0.256 e. The zero-order valence-electron chi connectivity index (χ0n) is 10.5. The van der Waals surface area contributed by atoms with Gasteiger partial charge in [0.2, 0.25) is 0 Å². The summed E-state index contributed by atoms with van der Waals surface area (Å²) in [7, 11) is -3.78. The van der Waals surface area contributed by atoms with Gasteiger partial charge < -0.3 is 0 Å². The number of sulfonamides is 1.